The number of nitrogens with zero attached hydrogens (tertiary/aromatic N) is 3. The van der Waals surface area contributed by atoms with Gasteiger partial charge in [0.15, 0.2) is 0 Å². The van der Waals surface area contributed by atoms with E-state index >= 15 is 0 Å². The van der Waals surface area contributed by atoms with E-state index in [1.54, 1.807) is 30.3 Å². The van der Waals surface area contributed by atoms with Gasteiger partial charge in [0.2, 0.25) is 0 Å². The van der Waals surface area contributed by atoms with Crippen LogP contribution in [0.5, 0.6) is 0 Å². The predicted molar refractivity (Wildman–Crippen MR) is 161 cm³/mol. The molecule has 1 heterocycles. The molecule has 0 atom stereocenters. The van der Waals surface area contributed by atoms with Crippen molar-refractivity contribution in [1.29, 1.82) is 0 Å². The number of nitrogens with one attached hydrogen (secondary N) is 1. The molecule has 3 aromatic rings. The molecule has 1 saturated heterocycles. The van der Waals surface area contributed by atoms with Gasteiger partial charge in [-0.1, -0.05) is 89.9 Å². The van der Waals surface area contributed by atoms with Crippen molar-refractivity contribution in [1.82, 2.24) is 10.1 Å². The van der Waals surface area contributed by atoms with Crippen molar-refractivity contribution in [2.75, 3.05) is 25.5 Å². The number of benzene rings is 3. The summed E-state index contributed by atoms with van der Waals surface area (Å²) < 4.78 is 12.3. The number of para-hydroxylation sites is 1. The number of rotatable bonds is 7. The van der Waals surface area contributed by atoms with Gasteiger partial charge < -0.3 is 20.9 Å². The van der Waals surface area contributed by atoms with Gasteiger partial charge in [-0.05, 0) is 48.2 Å². The summed E-state index contributed by atoms with van der Waals surface area (Å²) >= 11 is 0. The van der Waals surface area contributed by atoms with E-state index in [1.807, 2.05) is 12.1 Å². The van der Waals surface area contributed by atoms with E-state index in [0.717, 1.165) is 42.2 Å². The number of hydrogen-bond acceptors (Lipinski definition) is 3. The first-order valence-corrected chi connectivity index (χ1v) is 12.9. The van der Waals surface area contributed by atoms with Gasteiger partial charge in [-0.3, -0.25) is 4.39 Å². The minimum Gasteiger partial charge on any atom is -0.574 e. The Labute approximate surface area is 269 Å². The van der Waals surface area contributed by atoms with Crippen LogP contribution in [0, 0.1) is 60.6 Å². The molecule has 0 saturated carbocycles. The van der Waals surface area contributed by atoms with Gasteiger partial charge in [0.25, 0.3) is 0 Å². The van der Waals surface area contributed by atoms with Crippen LogP contribution in [-0.4, -0.2) is 30.3 Å². The summed E-state index contributed by atoms with van der Waals surface area (Å²) in [5.41, 5.74) is 11.6. The Morgan fingerprint density at radius 3 is 2.28 bits per heavy atom. The topological polar surface area (TPSA) is 32.6 Å². The minimum absolute atomic E-state index is 0. The molecule has 1 fully saturated rings. The maximum absolute atomic E-state index is 12.3. The van der Waals surface area contributed by atoms with Crippen LogP contribution in [0.1, 0.15) is 48.9 Å². The van der Waals surface area contributed by atoms with Crippen molar-refractivity contribution in [2.45, 2.75) is 40.0 Å². The summed E-state index contributed by atoms with van der Waals surface area (Å²) in [6.45, 7) is 21.7. The summed E-state index contributed by atoms with van der Waals surface area (Å²) in [6, 6.07) is 24.3. The van der Waals surface area contributed by atoms with Crippen LogP contribution in [0.25, 0.3) is 11.1 Å². The van der Waals surface area contributed by atoms with E-state index in [1.165, 1.54) is 17.2 Å². The normalized spacial score (nSPS) is 12.3. The Morgan fingerprint density at radius 2 is 1.79 bits per heavy atom. The van der Waals surface area contributed by atoms with E-state index in [2.05, 4.69) is 106 Å². The number of hydrogen-bond donors (Lipinski definition) is 1. The predicted octanol–water partition coefficient (Wildman–Crippen LogP) is 8.53. The van der Waals surface area contributed by atoms with E-state index in [-0.39, 0.29) is 47.6 Å². The third kappa shape index (κ3) is 11.4. The summed E-state index contributed by atoms with van der Waals surface area (Å²) in [7, 11) is 1.90. The molecule has 1 aliphatic heterocycles. The molecule has 4 rings (SSSR count). The third-order valence-corrected chi connectivity index (χ3v) is 6.13. The Balaban J connectivity index is 0.000000333. The zero-order chi connectivity index (χ0) is 28.1. The quantitative estimate of drug-likeness (QED) is 0.205. The molecule has 0 amide bonds. The average Bonchev–Trinajstić information content (AvgIpc) is 3.36. The number of halogens is 1. The van der Waals surface area contributed by atoms with Crippen molar-refractivity contribution >= 4 is 11.4 Å². The molecule has 1 aliphatic rings. The van der Waals surface area contributed by atoms with Gasteiger partial charge in [0.05, 0.1) is 0 Å². The fraction of sp³-hybridized carbons (Fsp3) is 0.273. The van der Waals surface area contributed by atoms with E-state index < -0.39 is 0 Å². The van der Waals surface area contributed by atoms with E-state index in [9.17, 15) is 4.39 Å². The molecule has 0 aromatic heterocycles. The minimum atomic E-state index is -0.187. The Morgan fingerprint density at radius 1 is 1.13 bits per heavy atom. The smallest absolute Gasteiger partial charge is 0.0427 e. The average molecular weight is 653 g/mol. The summed E-state index contributed by atoms with van der Waals surface area (Å²) in [5.74, 6) is 0.307. The first-order valence-electron chi connectivity index (χ1n) is 12.9. The van der Waals surface area contributed by atoms with Gasteiger partial charge in [-0.25, -0.2) is 0 Å². The molecule has 1 N–H and O–H groups in total. The molecule has 6 heteroatoms. The molecule has 0 unspecified atom stereocenters. The molecule has 0 aliphatic carbocycles. The second kappa shape index (κ2) is 18.1. The van der Waals surface area contributed by atoms with Crippen molar-refractivity contribution in [3.8, 4) is 0 Å². The Kier molecular flexibility index (Phi) is 16.1. The Bertz CT molecular complexity index is 1170. The second-order valence-electron chi connectivity index (χ2n) is 9.24. The number of allylic oxidation sites excluding steroid dienone is 1. The number of anilines is 1. The van der Waals surface area contributed by atoms with E-state index in [0.29, 0.717) is 11.5 Å². The van der Waals surface area contributed by atoms with Gasteiger partial charge in [-0.15, -0.1) is 18.2 Å². The van der Waals surface area contributed by atoms with Crippen LogP contribution < -0.4 is 5.32 Å². The molecule has 206 valence electrons. The summed E-state index contributed by atoms with van der Waals surface area (Å²) in [4.78, 5) is 0. The van der Waals surface area contributed by atoms with Crippen LogP contribution in [0.4, 0.5) is 10.1 Å². The number of aryl methyl sites for hydroxylation is 2. The zero-order valence-corrected chi connectivity index (χ0v) is 27.1. The standard InChI is InChI=1S/C19H23N.C7H6F.C7H12N3.Ce/c1-5-16-10-12-17(13-11-16)15(4)20-19-9-7-6-8-18(19)14(2)3;1-6-4-2-3-5-7(6)8;1-4-7(2)10-6-5-8-9(10)3;/h6-14,20H,4-5H2,1-3H3;2,4-5H,1H3;4H,1-2,5-6H2,3H3;/q;2*-1;. The SMILES string of the molecule is C=C(Nc1ccccc1C(C)C)c1ccc(CC)cc1.C=CC(=C)N1CC[N-]N1C.Cc1cc[c-]cc1F.[Ce]. The van der Waals surface area contributed by atoms with Crippen molar-refractivity contribution in [2.24, 2.45) is 0 Å². The van der Waals surface area contributed by atoms with E-state index in [4.69, 9.17) is 0 Å². The first kappa shape index (κ1) is 34.7. The van der Waals surface area contributed by atoms with Gasteiger partial charge >= 0.3 is 0 Å². The van der Waals surface area contributed by atoms with Crippen LogP contribution in [-0.2, 0) is 6.42 Å². The van der Waals surface area contributed by atoms with Crippen LogP contribution in [0.3, 0.4) is 0 Å². The molecular formula is C33H41CeFN4-2. The molecule has 0 radical (unpaired) electrons. The van der Waals surface area contributed by atoms with Crippen molar-refractivity contribution in [3.05, 3.63) is 138 Å². The van der Waals surface area contributed by atoms with Crippen molar-refractivity contribution < 1.29 is 46.1 Å². The molecular weight excluding hydrogens is 612 g/mol. The molecule has 0 bridgehead atoms. The summed E-state index contributed by atoms with van der Waals surface area (Å²) in [6.07, 6.45) is 2.80. The second-order valence-corrected chi connectivity index (χ2v) is 9.24. The molecule has 39 heavy (non-hydrogen) atoms. The van der Waals surface area contributed by atoms with Gasteiger partial charge in [0.1, 0.15) is 0 Å². The van der Waals surface area contributed by atoms with Crippen LogP contribution >= 0.6 is 0 Å². The van der Waals surface area contributed by atoms with Crippen LogP contribution in [0.15, 0.2) is 98.2 Å². The maximum Gasteiger partial charge on any atom is 0.0427 e. The fourth-order valence-corrected chi connectivity index (χ4v) is 3.72. The number of hydrazine groups is 1. The fourth-order valence-electron chi connectivity index (χ4n) is 3.72. The van der Waals surface area contributed by atoms with Gasteiger partial charge in [-0.2, -0.15) is 18.2 Å². The zero-order valence-electron chi connectivity index (χ0n) is 24.0. The monoisotopic (exact) mass is 652 g/mol. The largest absolute Gasteiger partial charge is 0.574 e. The summed E-state index contributed by atoms with van der Waals surface area (Å²) in [5, 5.41) is 7.23. The first-order chi connectivity index (χ1) is 18.2. The third-order valence-electron chi connectivity index (χ3n) is 6.13. The Hall–Kier alpha value is -2.29. The van der Waals surface area contributed by atoms with Crippen molar-refractivity contribution in [3.63, 3.8) is 0 Å². The molecule has 0 spiro atoms. The maximum atomic E-state index is 12.3. The van der Waals surface area contributed by atoms with Crippen LogP contribution in [0.2, 0.25) is 0 Å². The van der Waals surface area contributed by atoms with Gasteiger partial charge in [0, 0.05) is 71.2 Å². The molecule has 3 aromatic carbocycles. The molecule has 4 nitrogen and oxygen atoms in total.